The van der Waals surface area contributed by atoms with Gasteiger partial charge in [-0.05, 0) is 30.7 Å². The molecule has 1 unspecified atom stereocenters. The molecule has 0 spiro atoms. The van der Waals surface area contributed by atoms with Crippen molar-refractivity contribution in [2.75, 3.05) is 0 Å². The summed E-state index contributed by atoms with van der Waals surface area (Å²) in [6.07, 6.45) is 1.59. The molecule has 0 fully saturated rings. The molecule has 0 saturated carbocycles. The number of para-hydroxylation sites is 4. The molecule has 0 bridgehead atoms. The fourth-order valence-corrected chi connectivity index (χ4v) is 2.70. The lowest BCUT2D eigenvalue weighted by molar-refractivity contribution is 0.611. The summed E-state index contributed by atoms with van der Waals surface area (Å²) in [5.41, 5.74) is 10.3. The van der Waals surface area contributed by atoms with Crippen molar-refractivity contribution in [2.24, 2.45) is 5.73 Å². The first-order chi connectivity index (χ1) is 10.8. The van der Waals surface area contributed by atoms with Crippen LogP contribution in [0.1, 0.15) is 24.1 Å². The van der Waals surface area contributed by atoms with Gasteiger partial charge in [-0.1, -0.05) is 24.3 Å². The van der Waals surface area contributed by atoms with Crippen molar-refractivity contribution >= 4 is 22.1 Å². The average Bonchev–Trinajstić information content (AvgIpc) is 3.15. The second kappa shape index (κ2) is 5.27. The lowest BCUT2D eigenvalue weighted by Gasteiger charge is -2.06. The van der Waals surface area contributed by atoms with Crippen LogP contribution in [0.25, 0.3) is 22.1 Å². The highest BCUT2D eigenvalue weighted by Gasteiger charge is 2.12. The Morgan fingerprint density at radius 2 is 1.50 bits per heavy atom. The minimum Gasteiger partial charge on any atom is -0.342 e. The number of rotatable bonds is 4. The van der Waals surface area contributed by atoms with E-state index in [9.17, 15) is 0 Å². The number of aromatic nitrogens is 4. The number of nitrogens with one attached hydrogen (secondary N) is 2. The summed E-state index contributed by atoms with van der Waals surface area (Å²) in [6.45, 7) is 0. The highest BCUT2D eigenvalue weighted by Crippen LogP contribution is 2.18. The van der Waals surface area contributed by atoms with Gasteiger partial charge < -0.3 is 15.7 Å². The number of nitrogens with zero attached hydrogens (tertiary/aromatic N) is 2. The van der Waals surface area contributed by atoms with E-state index in [1.807, 2.05) is 48.5 Å². The number of nitrogens with two attached hydrogens (primary N) is 1. The van der Waals surface area contributed by atoms with Crippen molar-refractivity contribution in [3.8, 4) is 0 Å². The van der Waals surface area contributed by atoms with E-state index < -0.39 is 0 Å². The van der Waals surface area contributed by atoms with Crippen molar-refractivity contribution in [2.45, 2.75) is 18.9 Å². The van der Waals surface area contributed by atoms with E-state index in [1.54, 1.807) is 0 Å². The molecule has 0 saturated heterocycles. The Morgan fingerprint density at radius 3 is 2.18 bits per heavy atom. The predicted octanol–water partition coefficient (Wildman–Crippen LogP) is 3.07. The average molecular weight is 291 g/mol. The number of fused-ring (bicyclic) bond motifs is 2. The van der Waals surface area contributed by atoms with E-state index in [0.717, 1.165) is 46.6 Å². The summed E-state index contributed by atoms with van der Waals surface area (Å²) in [6, 6.07) is 15.9. The molecule has 4 aromatic rings. The Balaban J connectivity index is 1.50. The van der Waals surface area contributed by atoms with E-state index in [-0.39, 0.29) is 6.04 Å². The molecule has 4 rings (SSSR count). The Hall–Kier alpha value is -2.66. The third kappa shape index (κ3) is 2.35. The zero-order valence-corrected chi connectivity index (χ0v) is 12.1. The van der Waals surface area contributed by atoms with Gasteiger partial charge in [-0.25, -0.2) is 9.97 Å². The molecule has 110 valence electrons. The molecule has 0 aliphatic carbocycles. The SMILES string of the molecule is NC(CCc1nc2ccccc2[nH]1)c1nc2ccccc2[nH]1. The smallest absolute Gasteiger partial charge is 0.124 e. The Bertz CT molecular complexity index is 855. The van der Waals surface area contributed by atoms with Crippen molar-refractivity contribution in [1.29, 1.82) is 0 Å². The number of benzene rings is 2. The molecule has 4 N–H and O–H groups in total. The molecule has 0 aliphatic rings. The normalized spacial score (nSPS) is 13.0. The first kappa shape index (κ1) is 13.0. The van der Waals surface area contributed by atoms with Crippen molar-refractivity contribution in [3.05, 3.63) is 60.2 Å². The van der Waals surface area contributed by atoms with Gasteiger partial charge in [0.05, 0.1) is 28.1 Å². The first-order valence-corrected chi connectivity index (χ1v) is 7.43. The predicted molar refractivity (Wildman–Crippen MR) is 87.4 cm³/mol. The number of hydrogen-bond donors (Lipinski definition) is 3. The van der Waals surface area contributed by atoms with Crippen LogP contribution in [0.5, 0.6) is 0 Å². The van der Waals surface area contributed by atoms with Gasteiger partial charge in [0.1, 0.15) is 11.6 Å². The summed E-state index contributed by atoms with van der Waals surface area (Å²) in [7, 11) is 0. The van der Waals surface area contributed by atoms with Crippen LogP contribution in [-0.4, -0.2) is 19.9 Å². The Labute approximate surface area is 127 Å². The van der Waals surface area contributed by atoms with Crippen molar-refractivity contribution in [1.82, 2.24) is 19.9 Å². The largest absolute Gasteiger partial charge is 0.342 e. The molecule has 0 amide bonds. The van der Waals surface area contributed by atoms with Gasteiger partial charge >= 0.3 is 0 Å². The molecule has 2 aromatic carbocycles. The molecule has 0 aliphatic heterocycles. The van der Waals surface area contributed by atoms with E-state index in [0.29, 0.717) is 0 Å². The molecule has 22 heavy (non-hydrogen) atoms. The third-order valence-electron chi connectivity index (χ3n) is 3.89. The molecule has 1 atom stereocenters. The van der Waals surface area contributed by atoms with Gasteiger partial charge in [0.15, 0.2) is 0 Å². The number of H-pyrrole nitrogens is 2. The third-order valence-corrected chi connectivity index (χ3v) is 3.89. The molecule has 0 radical (unpaired) electrons. The summed E-state index contributed by atoms with van der Waals surface area (Å²) in [4.78, 5) is 15.8. The lowest BCUT2D eigenvalue weighted by Crippen LogP contribution is -2.13. The van der Waals surface area contributed by atoms with Gasteiger partial charge in [0.25, 0.3) is 0 Å². The number of aromatic amines is 2. The standard InChI is InChI=1S/C17H17N5/c18-11(17-21-14-7-3-4-8-15(14)22-17)9-10-16-19-12-5-1-2-6-13(12)20-16/h1-8,11H,9-10,18H2,(H,19,20)(H,21,22). The first-order valence-electron chi connectivity index (χ1n) is 7.43. The zero-order valence-electron chi connectivity index (χ0n) is 12.1. The fraction of sp³-hybridized carbons (Fsp3) is 0.176. The van der Waals surface area contributed by atoms with Gasteiger partial charge in [0.2, 0.25) is 0 Å². The highest BCUT2D eigenvalue weighted by atomic mass is 15.0. The van der Waals surface area contributed by atoms with E-state index in [4.69, 9.17) is 5.73 Å². The van der Waals surface area contributed by atoms with Crippen LogP contribution in [0, 0.1) is 0 Å². The number of aryl methyl sites for hydroxylation is 1. The minimum absolute atomic E-state index is 0.124. The lowest BCUT2D eigenvalue weighted by atomic mass is 10.1. The van der Waals surface area contributed by atoms with Crippen molar-refractivity contribution in [3.63, 3.8) is 0 Å². The minimum atomic E-state index is -0.124. The van der Waals surface area contributed by atoms with Crippen LogP contribution in [0.4, 0.5) is 0 Å². The van der Waals surface area contributed by atoms with Crippen LogP contribution in [0.15, 0.2) is 48.5 Å². The second-order valence-corrected chi connectivity index (χ2v) is 5.49. The Morgan fingerprint density at radius 1 is 0.864 bits per heavy atom. The molecule has 5 heteroatoms. The van der Waals surface area contributed by atoms with Gasteiger partial charge in [-0.2, -0.15) is 0 Å². The molecular weight excluding hydrogens is 274 g/mol. The van der Waals surface area contributed by atoms with Gasteiger partial charge in [-0.15, -0.1) is 0 Å². The van der Waals surface area contributed by atoms with Crippen LogP contribution in [0.2, 0.25) is 0 Å². The monoisotopic (exact) mass is 291 g/mol. The maximum absolute atomic E-state index is 6.27. The molecule has 5 nitrogen and oxygen atoms in total. The fourth-order valence-electron chi connectivity index (χ4n) is 2.70. The second-order valence-electron chi connectivity index (χ2n) is 5.49. The summed E-state index contributed by atoms with van der Waals surface area (Å²) < 4.78 is 0. The van der Waals surface area contributed by atoms with Crippen LogP contribution in [-0.2, 0) is 6.42 Å². The van der Waals surface area contributed by atoms with E-state index in [1.165, 1.54) is 0 Å². The maximum Gasteiger partial charge on any atom is 0.124 e. The van der Waals surface area contributed by atoms with Crippen LogP contribution in [0.3, 0.4) is 0 Å². The summed E-state index contributed by atoms with van der Waals surface area (Å²) in [5, 5.41) is 0. The van der Waals surface area contributed by atoms with Crippen LogP contribution < -0.4 is 5.73 Å². The number of hydrogen-bond acceptors (Lipinski definition) is 3. The van der Waals surface area contributed by atoms with Crippen LogP contribution >= 0.6 is 0 Å². The van der Waals surface area contributed by atoms with Gasteiger partial charge in [0, 0.05) is 6.42 Å². The Kier molecular flexibility index (Phi) is 3.12. The molecule has 2 aromatic heterocycles. The van der Waals surface area contributed by atoms with E-state index in [2.05, 4.69) is 19.9 Å². The summed E-state index contributed by atoms with van der Waals surface area (Å²) >= 11 is 0. The maximum atomic E-state index is 6.27. The number of imidazole rings is 2. The van der Waals surface area contributed by atoms with E-state index >= 15 is 0 Å². The zero-order chi connectivity index (χ0) is 14.9. The van der Waals surface area contributed by atoms with Crippen molar-refractivity contribution < 1.29 is 0 Å². The van der Waals surface area contributed by atoms with Gasteiger partial charge in [-0.3, -0.25) is 0 Å². The summed E-state index contributed by atoms with van der Waals surface area (Å²) in [5.74, 6) is 1.80. The molecular formula is C17H17N5. The quantitative estimate of drug-likeness (QED) is 0.540. The topological polar surface area (TPSA) is 83.4 Å². The molecule has 2 heterocycles. The highest BCUT2D eigenvalue weighted by molar-refractivity contribution is 5.75.